The second-order valence-electron chi connectivity index (χ2n) is 17.1. The molecule has 0 atom stereocenters. The molecule has 6 heteroatoms. The zero-order valence-corrected chi connectivity index (χ0v) is 36.7. The third kappa shape index (κ3) is 6.38. The van der Waals surface area contributed by atoms with E-state index < -0.39 is 5.41 Å². The molecular formula is C62H39N5O. The third-order valence-corrected chi connectivity index (χ3v) is 13.2. The van der Waals surface area contributed by atoms with E-state index in [9.17, 15) is 0 Å². The van der Waals surface area contributed by atoms with E-state index in [1.807, 2.05) is 72.8 Å². The van der Waals surface area contributed by atoms with Crippen molar-refractivity contribution in [2.45, 2.75) is 5.41 Å². The Morgan fingerprint density at radius 3 is 1.53 bits per heavy atom. The highest BCUT2D eigenvalue weighted by atomic mass is 16.3. The van der Waals surface area contributed by atoms with E-state index in [1.165, 1.54) is 5.56 Å². The van der Waals surface area contributed by atoms with Crippen molar-refractivity contribution in [3.8, 4) is 79.1 Å². The van der Waals surface area contributed by atoms with Crippen molar-refractivity contribution in [2.75, 3.05) is 0 Å². The molecule has 0 aliphatic heterocycles. The maximum absolute atomic E-state index is 6.62. The number of hydrogen-bond acceptors (Lipinski definition) is 6. The first-order valence-corrected chi connectivity index (χ1v) is 22.8. The van der Waals surface area contributed by atoms with Crippen LogP contribution in [-0.2, 0) is 5.41 Å². The van der Waals surface area contributed by atoms with E-state index in [4.69, 9.17) is 29.3 Å². The molecule has 0 saturated heterocycles. The van der Waals surface area contributed by atoms with Gasteiger partial charge in [0.05, 0.1) is 5.41 Å². The quantitative estimate of drug-likeness (QED) is 0.151. The largest absolute Gasteiger partial charge is 0.452 e. The Morgan fingerprint density at radius 2 is 0.824 bits per heavy atom. The summed E-state index contributed by atoms with van der Waals surface area (Å²) in [6.07, 6.45) is 0. The van der Waals surface area contributed by atoms with Crippen LogP contribution in [0.25, 0.3) is 101 Å². The Morgan fingerprint density at radius 1 is 0.309 bits per heavy atom. The highest BCUT2D eigenvalue weighted by Crippen LogP contribution is 2.58. The zero-order chi connectivity index (χ0) is 45.0. The fourth-order valence-corrected chi connectivity index (χ4v) is 10.2. The van der Waals surface area contributed by atoms with Crippen LogP contribution < -0.4 is 0 Å². The van der Waals surface area contributed by atoms with Crippen LogP contribution in [0.4, 0.5) is 0 Å². The van der Waals surface area contributed by atoms with E-state index in [1.54, 1.807) is 0 Å². The third-order valence-electron chi connectivity index (χ3n) is 13.2. The summed E-state index contributed by atoms with van der Waals surface area (Å²) in [5.41, 5.74) is 15.4. The van der Waals surface area contributed by atoms with Crippen LogP contribution in [0.1, 0.15) is 22.3 Å². The van der Waals surface area contributed by atoms with Gasteiger partial charge in [-0.05, 0) is 74.8 Å². The van der Waals surface area contributed by atoms with Gasteiger partial charge in [-0.15, -0.1) is 0 Å². The van der Waals surface area contributed by atoms with Crippen LogP contribution in [0.3, 0.4) is 0 Å². The minimum atomic E-state index is -0.687. The summed E-state index contributed by atoms with van der Waals surface area (Å²) in [4.78, 5) is 27.1. The fourth-order valence-electron chi connectivity index (χ4n) is 10.2. The van der Waals surface area contributed by atoms with Crippen LogP contribution in [0, 0.1) is 0 Å². The molecule has 0 bridgehead atoms. The van der Waals surface area contributed by atoms with Gasteiger partial charge in [0, 0.05) is 33.2 Å². The monoisotopic (exact) mass is 869 g/mol. The average Bonchev–Trinajstić information content (AvgIpc) is 3.95. The molecule has 1 aliphatic carbocycles. The Balaban J connectivity index is 1.16. The van der Waals surface area contributed by atoms with Gasteiger partial charge in [-0.25, -0.2) is 24.9 Å². The number of fused-ring (bicyclic) bond motifs is 6. The summed E-state index contributed by atoms with van der Waals surface area (Å²) >= 11 is 0. The molecule has 6 nitrogen and oxygen atoms in total. The number of hydrogen-bond donors (Lipinski definition) is 0. The van der Waals surface area contributed by atoms with Crippen LogP contribution in [-0.4, -0.2) is 24.9 Å². The average molecular weight is 870 g/mol. The summed E-state index contributed by atoms with van der Waals surface area (Å²) in [5, 5.41) is 0.911. The summed E-state index contributed by atoms with van der Waals surface area (Å²) in [6.45, 7) is 0. The van der Waals surface area contributed by atoms with Gasteiger partial charge in [0.2, 0.25) is 0 Å². The lowest BCUT2D eigenvalue weighted by molar-refractivity contribution is 0.667. The van der Waals surface area contributed by atoms with E-state index in [0.29, 0.717) is 34.6 Å². The Bertz CT molecular complexity index is 3800. The molecule has 9 aromatic carbocycles. The molecule has 0 saturated carbocycles. The molecule has 0 spiro atoms. The summed E-state index contributed by atoms with van der Waals surface area (Å²) in [6, 6.07) is 82.3. The minimum absolute atomic E-state index is 0.508. The normalized spacial score (nSPS) is 12.5. The maximum Gasteiger partial charge on any atom is 0.180 e. The SMILES string of the molecule is c1ccc(-c2cccc(-c3nc(-c4ccccc4)nc(-c4cc5c(cc4-c4nc(-c6ccccc6)c6oc7ccccc7c6n4)C(c4ccccc4)(c4ccccc4)c4ccccc4-5)n3)c2)cc1. The second kappa shape index (κ2) is 16.1. The smallest absolute Gasteiger partial charge is 0.180 e. The van der Waals surface area contributed by atoms with E-state index >= 15 is 0 Å². The van der Waals surface area contributed by atoms with Crippen LogP contribution >= 0.6 is 0 Å². The minimum Gasteiger partial charge on any atom is -0.452 e. The van der Waals surface area contributed by atoms with Crippen molar-refractivity contribution in [1.82, 2.24) is 24.9 Å². The summed E-state index contributed by atoms with van der Waals surface area (Å²) < 4.78 is 6.62. The van der Waals surface area contributed by atoms with Gasteiger partial charge in [-0.1, -0.05) is 206 Å². The lowest BCUT2D eigenvalue weighted by atomic mass is 9.67. The first-order chi connectivity index (χ1) is 33.7. The standard InChI is InChI=1S/C62H39N5O/c1-6-21-40(22-7-1)43-27-20-28-44(37-43)59-65-58(42-25-10-3-11-26-42)66-61(67-59)50-38-49-47-33-16-18-35-52(47)62(45-29-12-4-13-30-45,46-31-14-5-15-32-46)53(49)39-51(50)60-63-55(41-23-8-2-9-24-41)57-56(64-60)48-34-17-19-36-54(48)68-57/h1-39H. The van der Waals surface area contributed by atoms with E-state index in [0.717, 1.165) is 83.2 Å². The Labute approximate surface area is 393 Å². The van der Waals surface area contributed by atoms with Crippen molar-refractivity contribution < 1.29 is 4.42 Å². The van der Waals surface area contributed by atoms with Crippen molar-refractivity contribution in [3.05, 3.63) is 259 Å². The zero-order valence-electron chi connectivity index (χ0n) is 36.7. The highest BCUT2D eigenvalue weighted by Gasteiger charge is 2.47. The number of rotatable bonds is 8. The van der Waals surface area contributed by atoms with Crippen LogP contribution in [0.5, 0.6) is 0 Å². The predicted molar refractivity (Wildman–Crippen MR) is 273 cm³/mol. The van der Waals surface area contributed by atoms with Crippen LogP contribution in [0.15, 0.2) is 241 Å². The van der Waals surface area contributed by atoms with Gasteiger partial charge in [0.15, 0.2) is 28.9 Å². The molecule has 0 radical (unpaired) electrons. The van der Waals surface area contributed by atoms with Gasteiger partial charge >= 0.3 is 0 Å². The lowest BCUT2D eigenvalue weighted by Crippen LogP contribution is -2.28. The first kappa shape index (κ1) is 39.3. The fraction of sp³-hybridized carbons (Fsp3) is 0.0161. The molecule has 3 aromatic heterocycles. The maximum atomic E-state index is 6.62. The predicted octanol–water partition coefficient (Wildman–Crippen LogP) is 14.9. The summed E-state index contributed by atoms with van der Waals surface area (Å²) in [7, 11) is 0. The van der Waals surface area contributed by atoms with Crippen molar-refractivity contribution in [3.63, 3.8) is 0 Å². The lowest BCUT2D eigenvalue weighted by Gasteiger charge is -2.34. The molecule has 0 unspecified atom stereocenters. The topological polar surface area (TPSA) is 77.6 Å². The van der Waals surface area contributed by atoms with E-state index in [-0.39, 0.29) is 0 Å². The molecule has 0 amide bonds. The van der Waals surface area contributed by atoms with Gasteiger partial charge in [-0.3, -0.25) is 0 Å². The van der Waals surface area contributed by atoms with Gasteiger partial charge < -0.3 is 4.42 Å². The van der Waals surface area contributed by atoms with Crippen molar-refractivity contribution >= 4 is 22.1 Å². The number of para-hydroxylation sites is 1. The highest BCUT2D eigenvalue weighted by molar-refractivity contribution is 6.07. The molecule has 13 rings (SSSR count). The molecule has 0 fully saturated rings. The van der Waals surface area contributed by atoms with Gasteiger partial charge in [0.1, 0.15) is 16.8 Å². The summed E-state index contributed by atoms with van der Waals surface area (Å²) in [5.74, 6) is 2.16. The Hall–Kier alpha value is -9.13. The van der Waals surface area contributed by atoms with Crippen molar-refractivity contribution in [2.24, 2.45) is 0 Å². The number of furan rings is 1. The Kier molecular flexibility index (Phi) is 9.29. The van der Waals surface area contributed by atoms with Crippen molar-refractivity contribution in [1.29, 1.82) is 0 Å². The van der Waals surface area contributed by atoms with Crippen LogP contribution in [0.2, 0.25) is 0 Å². The number of nitrogens with zero attached hydrogens (tertiary/aromatic N) is 5. The molecule has 0 N–H and O–H groups in total. The number of benzene rings is 9. The van der Waals surface area contributed by atoms with Gasteiger partial charge in [0.25, 0.3) is 0 Å². The van der Waals surface area contributed by atoms with Gasteiger partial charge in [-0.2, -0.15) is 0 Å². The molecule has 1 aliphatic rings. The second-order valence-corrected chi connectivity index (χ2v) is 17.1. The number of aromatic nitrogens is 5. The molecule has 3 heterocycles. The molecular weight excluding hydrogens is 831 g/mol. The molecule has 318 valence electrons. The van der Waals surface area contributed by atoms with E-state index in [2.05, 4.69) is 164 Å². The molecule has 68 heavy (non-hydrogen) atoms. The molecule has 12 aromatic rings. The first-order valence-electron chi connectivity index (χ1n) is 22.8.